The van der Waals surface area contributed by atoms with Crippen LogP contribution in [0.3, 0.4) is 0 Å². The average molecular weight is 241 g/mol. The van der Waals surface area contributed by atoms with Crippen molar-refractivity contribution < 1.29 is 0 Å². The fourth-order valence-electron chi connectivity index (χ4n) is 2.60. The number of rotatable bonds is 1. The van der Waals surface area contributed by atoms with Crippen LogP contribution in [0.4, 0.5) is 5.69 Å². The maximum atomic E-state index is 4.58. The smallest absolute Gasteiger partial charge is 0.0937 e. The predicted octanol–water partition coefficient (Wildman–Crippen LogP) is 2.30. The zero-order valence-corrected chi connectivity index (χ0v) is 11.1. The summed E-state index contributed by atoms with van der Waals surface area (Å²) in [6, 6.07) is 8.58. The molecule has 0 atom stereocenters. The largest absolute Gasteiger partial charge is 0.367 e. The van der Waals surface area contributed by atoms with Gasteiger partial charge in [-0.2, -0.15) is 0 Å². The van der Waals surface area contributed by atoms with Crippen LogP contribution in [0.5, 0.6) is 0 Å². The van der Waals surface area contributed by atoms with Crippen LogP contribution in [0.15, 0.2) is 30.5 Å². The fourth-order valence-corrected chi connectivity index (χ4v) is 2.60. The van der Waals surface area contributed by atoms with Gasteiger partial charge in [-0.15, -0.1) is 0 Å². The van der Waals surface area contributed by atoms with Crippen molar-refractivity contribution >= 4 is 16.6 Å². The lowest BCUT2D eigenvalue weighted by atomic mass is 10.1. The molecular formula is C15H19N3. The molecule has 94 valence electrons. The third kappa shape index (κ3) is 1.95. The molecule has 1 saturated heterocycles. The van der Waals surface area contributed by atoms with E-state index in [1.165, 1.54) is 16.6 Å². The molecule has 0 bridgehead atoms. The van der Waals surface area contributed by atoms with Gasteiger partial charge in [0.05, 0.1) is 11.2 Å². The highest BCUT2D eigenvalue weighted by molar-refractivity contribution is 5.92. The van der Waals surface area contributed by atoms with Crippen molar-refractivity contribution in [2.24, 2.45) is 0 Å². The number of anilines is 1. The van der Waals surface area contributed by atoms with Gasteiger partial charge in [0.15, 0.2) is 0 Å². The van der Waals surface area contributed by atoms with Crippen molar-refractivity contribution in [1.29, 1.82) is 0 Å². The highest BCUT2D eigenvalue weighted by atomic mass is 15.2. The fraction of sp³-hybridized carbons (Fsp3) is 0.400. The van der Waals surface area contributed by atoms with Crippen LogP contribution in [0.2, 0.25) is 0 Å². The maximum absolute atomic E-state index is 4.58. The Morgan fingerprint density at radius 1 is 1.06 bits per heavy atom. The maximum Gasteiger partial charge on any atom is 0.0937 e. The van der Waals surface area contributed by atoms with Gasteiger partial charge in [-0.25, -0.2) is 0 Å². The number of nitrogens with zero attached hydrogens (tertiary/aromatic N) is 3. The van der Waals surface area contributed by atoms with Crippen LogP contribution in [-0.2, 0) is 0 Å². The lowest BCUT2D eigenvalue weighted by Gasteiger charge is -2.34. The SMILES string of the molecule is Cc1ccnc2c(N3CCN(C)CC3)cccc12. The van der Waals surface area contributed by atoms with E-state index in [1.54, 1.807) is 0 Å². The van der Waals surface area contributed by atoms with Gasteiger partial charge in [-0.05, 0) is 31.7 Å². The minimum absolute atomic E-state index is 1.09. The molecule has 0 saturated carbocycles. The number of hydrogen-bond donors (Lipinski definition) is 0. The van der Waals surface area contributed by atoms with Gasteiger partial charge in [0.2, 0.25) is 0 Å². The second-order valence-corrected chi connectivity index (χ2v) is 5.09. The highest BCUT2D eigenvalue weighted by Crippen LogP contribution is 2.27. The number of fused-ring (bicyclic) bond motifs is 1. The van der Waals surface area contributed by atoms with E-state index >= 15 is 0 Å². The molecule has 0 aliphatic carbocycles. The molecule has 0 radical (unpaired) electrons. The van der Waals surface area contributed by atoms with Crippen LogP contribution in [0.25, 0.3) is 10.9 Å². The van der Waals surface area contributed by atoms with Gasteiger partial charge < -0.3 is 9.80 Å². The molecule has 1 aliphatic rings. The topological polar surface area (TPSA) is 19.4 Å². The molecule has 3 heteroatoms. The van der Waals surface area contributed by atoms with Crippen LogP contribution in [-0.4, -0.2) is 43.1 Å². The summed E-state index contributed by atoms with van der Waals surface area (Å²) in [5.41, 5.74) is 3.72. The first kappa shape index (κ1) is 11.5. The molecule has 18 heavy (non-hydrogen) atoms. The van der Waals surface area contributed by atoms with Gasteiger partial charge >= 0.3 is 0 Å². The van der Waals surface area contributed by atoms with E-state index in [2.05, 4.69) is 53.0 Å². The summed E-state index contributed by atoms with van der Waals surface area (Å²) in [5.74, 6) is 0. The van der Waals surface area contributed by atoms with Crippen LogP contribution < -0.4 is 4.90 Å². The highest BCUT2D eigenvalue weighted by Gasteiger charge is 2.16. The molecule has 0 amide bonds. The normalized spacial score (nSPS) is 17.3. The predicted molar refractivity (Wildman–Crippen MR) is 76.2 cm³/mol. The monoisotopic (exact) mass is 241 g/mol. The molecule has 1 aromatic carbocycles. The number of aromatic nitrogens is 1. The lowest BCUT2D eigenvalue weighted by Crippen LogP contribution is -2.44. The Hall–Kier alpha value is -1.61. The Morgan fingerprint density at radius 2 is 1.83 bits per heavy atom. The molecule has 2 aromatic rings. The first-order valence-corrected chi connectivity index (χ1v) is 6.53. The quantitative estimate of drug-likeness (QED) is 0.763. The van der Waals surface area contributed by atoms with E-state index in [9.17, 15) is 0 Å². The zero-order valence-electron chi connectivity index (χ0n) is 11.1. The summed E-state index contributed by atoms with van der Waals surface area (Å²) in [6.45, 7) is 6.58. The van der Waals surface area contributed by atoms with Gasteiger partial charge in [0.25, 0.3) is 0 Å². The van der Waals surface area contributed by atoms with Gasteiger partial charge in [-0.3, -0.25) is 4.98 Å². The Kier molecular flexibility index (Phi) is 2.92. The molecular weight excluding hydrogens is 222 g/mol. The van der Waals surface area contributed by atoms with E-state index < -0.39 is 0 Å². The van der Waals surface area contributed by atoms with Crippen molar-refractivity contribution in [3.63, 3.8) is 0 Å². The first-order chi connectivity index (χ1) is 8.75. The van der Waals surface area contributed by atoms with Crippen LogP contribution in [0, 0.1) is 6.92 Å². The third-order valence-electron chi connectivity index (χ3n) is 3.81. The minimum atomic E-state index is 1.09. The standard InChI is InChI=1S/C15H19N3/c1-12-6-7-16-15-13(12)4-3-5-14(15)18-10-8-17(2)9-11-18/h3-7H,8-11H2,1-2H3. The molecule has 3 rings (SSSR count). The van der Waals surface area contributed by atoms with Crippen molar-refractivity contribution in [1.82, 2.24) is 9.88 Å². The summed E-state index contributed by atoms with van der Waals surface area (Å²) in [5, 5.41) is 1.27. The van der Waals surface area contributed by atoms with E-state index in [4.69, 9.17) is 0 Å². The minimum Gasteiger partial charge on any atom is -0.367 e. The van der Waals surface area contributed by atoms with E-state index in [0.717, 1.165) is 31.7 Å². The van der Waals surface area contributed by atoms with Gasteiger partial charge in [0.1, 0.15) is 0 Å². The number of hydrogen-bond acceptors (Lipinski definition) is 3. The third-order valence-corrected chi connectivity index (χ3v) is 3.81. The summed E-state index contributed by atoms with van der Waals surface area (Å²) in [4.78, 5) is 9.41. The number of aryl methyl sites for hydroxylation is 1. The molecule has 3 nitrogen and oxygen atoms in total. The van der Waals surface area contributed by atoms with Crippen molar-refractivity contribution in [3.8, 4) is 0 Å². The molecule has 1 aromatic heterocycles. The zero-order chi connectivity index (χ0) is 12.5. The Labute approximate surface area is 108 Å². The van der Waals surface area contributed by atoms with Crippen molar-refractivity contribution in [2.75, 3.05) is 38.1 Å². The second-order valence-electron chi connectivity index (χ2n) is 5.09. The van der Waals surface area contributed by atoms with Gasteiger partial charge in [-0.1, -0.05) is 12.1 Å². The number of para-hydroxylation sites is 1. The molecule has 0 N–H and O–H groups in total. The Balaban J connectivity index is 2.04. The van der Waals surface area contributed by atoms with Crippen molar-refractivity contribution in [3.05, 3.63) is 36.0 Å². The molecule has 1 aliphatic heterocycles. The second kappa shape index (κ2) is 4.58. The molecule has 2 heterocycles. The van der Waals surface area contributed by atoms with Crippen molar-refractivity contribution in [2.45, 2.75) is 6.92 Å². The van der Waals surface area contributed by atoms with Crippen LogP contribution >= 0.6 is 0 Å². The van der Waals surface area contributed by atoms with Crippen LogP contribution in [0.1, 0.15) is 5.56 Å². The molecule has 0 unspecified atom stereocenters. The first-order valence-electron chi connectivity index (χ1n) is 6.53. The van der Waals surface area contributed by atoms with Gasteiger partial charge in [0, 0.05) is 37.8 Å². The summed E-state index contributed by atoms with van der Waals surface area (Å²) in [7, 11) is 2.18. The molecule has 1 fully saturated rings. The number of pyridine rings is 1. The summed E-state index contributed by atoms with van der Waals surface area (Å²) >= 11 is 0. The number of benzene rings is 1. The number of piperazine rings is 1. The Morgan fingerprint density at radius 3 is 2.61 bits per heavy atom. The van der Waals surface area contributed by atoms with E-state index in [0.29, 0.717) is 0 Å². The number of likely N-dealkylation sites (N-methyl/N-ethyl adjacent to an activating group) is 1. The summed E-state index contributed by atoms with van der Waals surface area (Å²) in [6.07, 6.45) is 1.91. The summed E-state index contributed by atoms with van der Waals surface area (Å²) < 4.78 is 0. The lowest BCUT2D eigenvalue weighted by molar-refractivity contribution is 0.313. The van der Waals surface area contributed by atoms with E-state index in [1.807, 2.05) is 6.20 Å². The Bertz CT molecular complexity index is 557. The molecule has 0 spiro atoms. The average Bonchev–Trinajstić information content (AvgIpc) is 2.40. The van der Waals surface area contributed by atoms with E-state index in [-0.39, 0.29) is 0 Å².